The molecule has 100 valence electrons. The quantitative estimate of drug-likeness (QED) is 0.597. The molecular formula is C12H11Cl2N3O2. The topological polar surface area (TPSA) is 80.4 Å². The normalized spacial score (nSPS) is 10.3. The Labute approximate surface area is 119 Å². The van der Waals surface area contributed by atoms with E-state index in [1.54, 1.807) is 24.3 Å². The highest BCUT2D eigenvalue weighted by Crippen LogP contribution is 2.33. The Morgan fingerprint density at radius 2 is 1.89 bits per heavy atom. The number of aromatic nitrogens is 1. The summed E-state index contributed by atoms with van der Waals surface area (Å²) in [5.74, 6) is 6.28. The highest BCUT2D eigenvalue weighted by Gasteiger charge is 2.10. The molecule has 0 radical (unpaired) electrons. The van der Waals surface area contributed by atoms with E-state index in [1.807, 2.05) is 0 Å². The van der Waals surface area contributed by atoms with Gasteiger partial charge < -0.3 is 15.3 Å². The first-order valence-corrected chi connectivity index (χ1v) is 6.10. The van der Waals surface area contributed by atoms with Crippen LogP contribution in [-0.4, -0.2) is 10.1 Å². The molecule has 1 heterocycles. The van der Waals surface area contributed by atoms with Gasteiger partial charge in [0, 0.05) is 0 Å². The van der Waals surface area contributed by atoms with Gasteiger partial charge >= 0.3 is 0 Å². The van der Waals surface area contributed by atoms with E-state index in [0.29, 0.717) is 10.8 Å². The standard InChI is InChI=1S/C12H11Cl2N3O2/c13-9-5-10(14)12(16-11(9)17-15)19-8-3-1-7(6-18)2-4-8/h1-5,18H,6,15H2,(H,16,17). The Morgan fingerprint density at radius 1 is 1.21 bits per heavy atom. The summed E-state index contributed by atoms with van der Waals surface area (Å²) in [4.78, 5) is 4.06. The van der Waals surface area contributed by atoms with Crippen molar-refractivity contribution in [2.45, 2.75) is 6.61 Å². The summed E-state index contributed by atoms with van der Waals surface area (Å²) in [5.41, 5.74) is 3.14. The van der Waals surface area contributed by atoms with Crippen molar-refractivity contribution in [3.05, 3.63) is 45.9 Å². The van der Waals surface area contributed by atoms with Crippen molar-refractivity contribution in [3.63, 3.8) is 0 Å². The van der Waals surface area contributed by atoms with Gasteiger partial charge in [0.2, 0.25) is 5.88 Å². The van der Waals surface area contributed by atoms with Gasteiger partial charge in [-0.05, 0) is 23.8 Å². The number of aliphatic hydroxyl groups is 1. The summed E-state index contributed by atoms with van der Waals surface area (Å²) in [6.45, 7) is -0.0263. The van der Waals surface area contributed by atoms with Gasteiger partial charge in [-0.3, -0.25) is 0 Å². The summed E-state index contributed by atoms with van der Waals surface area (Å²) >= 11 is 11.9. The fourth-order valence-electron chi connectivity index (χ4n) is 1.40. The minimum atomic E-state index is -0.0263. The molecule has 0 aliphatic carbocycles. The molecule has 1 aromatic carbocycles. The molecule has 2 rings (SSSR count). The van der Waals surface area contributed by atoms with Gasteiger partial charge in [0.25, 0.3) is 0 Å². The molecule has 0 saturated carbocycles. The molecular weight excluding hydrogens is 289 g/mol. The van der Waals surface area contributed by atoms with E-state index in [1.165, 1.54) is 6.07 Å². The van der Waals surface area contributed by atoms with Gasteiger partial charge in [-0.2, -0.15) is 4.98 Å². The number of hydrazine groups is 1. The predicted octanol–water partition coefficient (Wildman–Crippen LogP) is 2.96. The van der Waals surface area contributed by atoms with E-state index in [9.17, 15) is 0 Å². The average Bonchev–Trinajstić information content (AvgIpc) is 2.42. The number of ether oxygens (including phenoxy) is 1. The summed E-state index contributed by atoms with van der Waals surface area (Å²) in [6.07, 6.45) is 0. The monoisotopic (exact) mass is 299 g/mol. The van der Waals surface area contributed by atoms with E-state index in [4.69, 9.17) is 38.9 Å². The first-order valence-electron chi connectivity index (χ1n) is 5.34. The molecule has 0 aliphatic heterocycles. The summed E-state index contributed by atoms with van der Waals surface area (Å²) < 4.78 is 5.53. The van der Waals surface area contributed by atoms with Crippen molar-refractivity contribution in [2.24, 2.45) is 5.84 Å². The average molecular weight is 300 g/mol. The molecule has 0 atom stereocenters. The molecule has 0 amide bonds. The lowest BCUT2D eigenvalue weighted by atomic mass is 10.2. The van der Waals surface area contributed by atoms with Crippen molar-refractivity contribution >= 4 is 29.0 Å². The number of nitrogens with zero attached hydrogens (tertiary/aromatic N) is 1. The van der Waals surface area contributed by atoms with Gasteiger partial charge in [-0.25, -0.2) is 5.84 Å². The second-order valence-electron chi connectivity index (χ2n) is 3.65. The lowest BCUT2D eigenvalue weighted by Gasteiger charge is -2.10. The van der Waals surface area contributed by atoms with E-state index in [2.05, 4.69) is 10.4 Å². The number of benzene rings is 1. The van der Waals surface area contributed by atoms with Crippen LogP contribution < -0.4 is 16.0 Å². The Bertz CT molecular complexity index is 576. The molecule has 0 unspecified atom stereocenters. The lowest BCUT2D eigenvalue weighted by Crippen LogP contribution is -2.09. The van der Waals surface area contributed by atoms with Gasteiger partial charge in [0.1, 0.15) is 10.8 Å². The van der Waals surface area contributed by atoms with E-state index < -0.39 is 0 Å². The molecule has 0 spiro atoms. The zero-order valence-corrected chi connectivity index (χ0v) is 11.2. The lowest BCUT2D eigenvalue weighted by molar-refractivity contribution is 0.281. The Morgan fingerprint density at radius 3 is 2.47 bits per heavy atom. The maximum absolute atomic E-state index is 8.95. The zero-order chi connectivity index (χ0) is 13.8. The van der Waals surface area contributed by atoms with Crippen LogP contribution in [0.4, 0.5) is 5.82 Å². The number of pyridine rings is 1. The van der Waals surface area contributed by atoms with Crippen LogP contribution in [0.15, 0.2) is 30.3 Å². The van der Waals surface area contributed by atoms with E-state index >= 15 is 0 Å². The highest BCUT2D eigenvalue weighted by atomic mass is 35.5. The van der Waals surface area contributed by atoms with Crippen LogP contribution in [0.1, 0.15) is 5.56 Å². The summed E-state index contributed by atoms with van der Waals surface area (Å²) in [6, 6.07) is 8.37. The molecule has 0 fully saturated rings. The Kier molecular flexibility index (Phi) is 4.44. The molecule has 0 saturated heterocycles. The highest BCUT2D eigenvalue weighted by molar-refractivity contribution is 6.36. The maximum atomic E-state index is 8.95. The van der Waals surface area contributed by atoms with Crippen molar-refractivity contribution < 1.29 is 9.84 Å². The molecule has 4 N–H and O–H groups in total. The maximum Gasteiger partial charge on any atom is 0.240 e. The van der Waals surface area contributed by atoms with E-state index in [-0.39, 0.29) is 23.3 Å². The SMILES string of the molecule is NNc1nc(Oc2ccc(CO)cc2)c(Cl)cc1Cl. The number of nitrogen functional groups attached to an aromatic ring is 1. The number of hydrogen-bond acceptors (Lipinski definition) is 5. The van der Waals surface area contributed by atoms with Crippen LogP contribution in [0, 0.1) is 0 Å². The van der Waals surface area contributed by atoms with Crippen LogP contribution >= 0.6 is 23.2 Å². The third-order valence-electron chi connectivity index (χ3n) is 2.35. The number of anilines is 1. The second kappa shape index (κ2) is 6.08. The third-order valence-corrected chi connectivity index (χ3v) is 2.91. The largest absolute Gasteiger partial charge is 0.437 e. The van der Waals surface area contributed by atoms with Gasteiger partial charge in [-0.15, -0.1) is 0 Å². The number of aliphatic hydroxyl groups excluding tert-OH is 1. The molecule has 0 aliphatic rings. The van der Waals surface area contributed by atoms with Crippen LogP contribution in [0.5, 0.6) is 11.6 Å². The van der Waals surface area contributed by atoms with E-state index in [0.717, 1.165) is 5.56 Å². The van der Waals surface area contributed by atoms with Gasteiger partial charge in [0.05, 0.1) is 11.6 Å². The number of hydrogen-bond donors (Lipinski definition) is 3. The first kappa shape index (κ1) is 13.9. The minimum absolute atomic E-state index is 0.0263. The van der Waals surface area contributed by atoms with Gasteiger partial charge in [-0.1, -0.05) is 35.3 Å². The molecule has 1 aromatic heterocycles. The van der Waals surface area contributed by atoms with Crippen LogP contribution in [-0.2, 0) is 6.61 Å². The van der Waals surface area contributed by atoms with Gasteiger partial charge in [0.15, 0.2) is 5.82 Å². The van der Waals surface area contributed by atoms with Crippen LogP contribution in [0.2, 0.25) is 10.0 Å². The molecule has 7 heteroatoms. The first-order chi connectivity index (χ1) is 9.13. The fourth-order valence-corrected chi connectivity index (χ4v) is 1.85. The van der Waals surface area contributed by atoms with Crippen LogP contribution in [0.25, 0.3) is 0 Å². The van der Waals surface area contributed by atoms with Crippen molar-refractivity contribution in [1.82, 2.24) is 4.98 Å². The minimum Gasteiger partial charge on any atom is -0.437 e. The number of nitrogens with one attached hydrogen (secondary N) is 1. The van der Waals surface area contributed by atoms with Crippen molar-refractivity contribution in [1.29, 1.82) is 0 Å². The summed E-state index contributed by atoms with van der Waals surface area (Å²) in [7, 11) is 0. The van der Waals surface area contributed by atoms with Crippen molar-refractivity contribution in [2.75, 3.05) is 5.43 Å². The third kappa shape index (κ3) is 3.27. The second-order valence-corrected chi connectivity index (χ2v) is 4.47. The smallest absolute Gasteiger partial charge is 0.240 e. The summed E-state index contributed by atoms with van der Waals surface area (Å²) in [5, 5.41) is 9.52. The Hall–Kier alpha value is -1.53. The number of rotatable bonds is 4. The molecule has 2 aromatic rings. The van der Waals surface area contributed by atoms with Crippen LogP contribution in [0.3, 0.4) is 0 Å². The molecule has 19 heavy (non-hydrogen) atoms. The Balaban J connectivity index is 2.26. The molecule has 5 nitrogen and oxygen atoms in total. The number of nitrogens with two attached hydrogens (primary N) is 1. The number of halogens is 2. The van der Waals surface area contributed by atoms with Crippen molar-refractivity contribution in [3.8, 4) is 11.6 Å². The molecule has 0 bridgehead atoms. The fraction of sp³-hybridized carbons (Fsp3) is 0.0833. The predicted molar refractivity (Wildman–Crippen MR) is 74.5 cm³/mol. The zero-order valence-electron chi connectivity index (χ0n) is 9.73.